The Bertz CT molecular complexity index is 1270. The van der Waals surface area contributed by atoms with Crippen molar-refractivity contribution in [2.24, 2.45) is 0 Å². The van der Waals surface area contributed by atoms with Crippen molar-refractivity contribution in [2.75, 3.05) is 12.4 Å². The zero-order chi connectivity index (χ0) is 23.2. The van der Waals surface area contributed by atoms with Gasteiger partial charge in [-0.05, 0) is 54.7 Å². The molecule has 1 heterocycles. The number of anilines is 1. The third-order valence-electron chi connectivity index (χ3n) is 5.79. The minimum Gasteiger partial charge on any atom is -0.496 e. The van der Waals surface area contributed by atoms with Gasteiger partial charge in [0.15, 0.2) is 0 Å². The minimum absolute atomic E-state index is 0.175. The molecule has 4 aromatic rings. The molecule has 0 aliphatic carbocycles. The van der Waals surface area contributed by atoms with Gasteiger partial charge in [0.05, 0.1) is 13.4 Å². The predicted octanol–water partition coefficient (Wildman–Crippen LogP) is 7.49. The highest BCUT2D eigenvalue weighted by Crippen LogP contribution is 2.37. The van der Waals surface area contributed by atoms with Crippen LogP contribution in [-0.4, -0.2) is 13.0 Å². The number of aryl methyl sites for hydroxylation is 1. The molecule has 33 heavy (non-hydrogen) atoms. The number of carbonyl (C=O) groups is 1. The van der Waals surface area contributed by atoms with E-state index in [1.165, 1.54) is 18.4 Å². The summed E-state index contributed by atoms with van der Waals surface area (Å²) in [6, 6.07) is 22.1. The van der Waals surface area contributed by atoms with Gasteiger partial charge >= 0.3 is 0 Å². The first kappa shape index (κ1) is 22.4. The zero-order valence-corrected chi connectivity index (χ0v) is 19.4. The summed E-state index contributed by atoms with van der Waals surface area (Å²) in [5.41, 5.74) is 6.57. The van der Waals surface area contributed by atoms with E-state index in [9.17, 15) is 4.79 Å². The monoisotopic (exact) mass is 439 g/mol. The summed E-state index contributed by atoms with van der Waals surface area (Å²) >= 11 is 0. The van der Waals surface area contributed by atoms with Crippen molar-refractivity contribution in [3.05, 3.63) is 90.2 Å². The fourth-order valence-corrected chi connectivity index (χ4v) is 3.96. The number of hydrogen-bond donors (Lipinski definition) is 1. The lowest BCUT2D eigenvalue weighted by Gasteiger charge is -2.10. The van der Waals surface area contributed by atoms with Crippen LogP contribution in [0.25, 0.3) is 27.7 Å². The van der Waals surface area contributed by atoms with E-state index >= 15 is 0 Å². The maximum absolute atomic E-state index is 12.7. The number of methoxy groups -OCH3 is 1. The van der Waals surface area contributed by atoms with Gasteiger partial charge in [-0.3, -0.25) is 4.79 Å². The fraction of sp³-hybridized carbons (Fsp3) is 0.207. The van der Waals surface area contributed by atoms with E-state index in [-0.39, 0.29) is 5.91 Å². The van der Waals surface area contributed by atoms with Crippen LogP contribution in [0.5, 0.6) is 5.75 Å². The number of benzene rings is 3. The van der Waals surface area contributed by atoms with Crippen molar-refractivity contribution in [2.45, 2.75) is 33.1 Å². The van der Waals surface area contributed by atoms with Crippen LogP contribution in [0.1, 0.15) is 37.8 Å². The van der Waals surface area contributed by atoms with Crippen molar-refractivity contribution in [3.8, 4) is 16.9 Å². The molecule has 0 bridgehead atoms. The number of unbranched alkanes of at least 4 members (excludes halogenated alkanes) is 1. The molecular formula is C29H29NO3. The topological polar surface area (TPSA) is 51.5 Å². The predicted molar refractivity (Wildman–Crippen MR) is 136 cm³/mol. The number of allylic oxidation sites excluding steroid dienone is 1. The first-order valence-electron chi connectivity index (χ1n) is 11.3. The summed E-state index contributed by atoms with van der Waals surface area (Å²) < 4.78 is 11.4. The molecule has 0 aliphatic heterocycles. The number of ether oxygens (including phenoxy) is 1. The van der Waals surface area contributed by atoms with Crippen molar-refractivity contribution >= 4 is 28.1 Å². The molecule has 0 atom stereocenters. The van der Waals surface area contributed by atoms with Crippen LogP contribution in [-0.2, 0) is 11.2 Å². The number of rotatable bonds is 8. The summed E-state index contributed by atoms with van der Waals surface area (Å²) in [5.74, 6) is 0.490. The van der Waals surface area contributed by atoms with Gasteiger partial charge in [0.2, 0.25) is 5.91 Å². The molecular weight excluding hydrogens is 410 g/mol. The van der Waals surface area contributed by atoms with Crippen LogP contribution < -0.4 is 10.1 Å². The van der Waals surface area contributed by atoms with Gasteiger partial charge in [-0.1, -0.05) is 55.8 Å². The molecule has 1 amide bonds. The van der Waals surface area contributed by atoms with Gasteiger partial charge < -0.3 is 14.5 Å². The molecule has 0 saturated carbocycles. The summed E-state index contributed by atoms with van der Waals surface area (Å²) in [4.78, 5) is 12.7. The van der Waals surface area contributed by atoms with Crippen LogP contribution in [0.2, 0.25) is 0 Å². The molecule has 0 unspecified atom stereocenters. The summed E-state index contributed by atoms with van der Waals surface area (Å²) in [6.07, 6.45) is 6.77. The molecule has 0 aliphatic rings. The third-order valence-corrected chi connectivity index (χ3v) is 5.79. The smallest absolute Gasteiger partial charge is 0.248 e. The molecule has 0 spiro atoms. The number of fused-ring (bicyclic) bond motifs is 1. The Hall–Kier alpha value is -3.79. The first-order chi connectivity index (χ1) is 16.1. The average Bonchev–Trinajstić information content (AvgIpc) is 3.26. The maximum Gasteiger partial charge on any atom is 0.248 e. The molecule has 3 aromatic carbocycles. The van der Waals surface area contributed by atoms with Crippen LogP contribution in [0.3, 0.4) is 0 Å². The third kappa shape index (κ3) is 5.17. The standard InChI is InChI=1S/C29H29NO3/c1-4-5-9-21-12-14-23(15-13-21)30-29(31)16-20(2)24-17-25-26(22-10-7-6-8-11-22)19-33-28(25)18-27(24)32-3/h6-8,10-19H,4-5,9H2,1-3H3,(H,30,31)/b20-16+. The molecule has 168 valence electrons. The lowest BCUT2D eigenvalue weighted by atomic mass is 9.99. The molecule has 1 aromatic heterocycles. The maximum atomic E-state index is 12.7. The van der Waals surface area contributed by atoms with Crippen molar-refractivity contribution in [3.63, 3.8) is 0 Å². The van der Waals surface area contributed by atoms with E-state index in [2.05, 4.69) is 36.5 Å². The minimum atomic E-state index is -0.175. The first-order valence-corrected chi connectivity index (χ1v) is 11.3. The summed E-state index contributed by atoms with van der Waals surface area (Å²) in [6.45, 7) is 4.10. The number of hydrogen-bond acceptors (Lipinski definition) is 3. The second-order valence-electron chi connectivity index (χ2n) is 8.18. The Labute approximate surface area is 194 Å². The number of carbonyl (C=O) groups excluding carboxylic acids is 1. The normalized spacial score (nSPS) is 11.5. The molecule has 0 radical (unpaired) electrons. The Kier molecular flexibility index (Phi) is 6.94. The Balaban J connectivity index is 1.59. The molecule has 4 nitrogen and oxygen atoms in total. The van der Waals surface area contributed by atoms with Gasteiger partial charge in [-0.2, -0.15) is 0 Å². The van der Waals surface area contributed by atoms with E-state index in [0.717, 1.165) is 45.3 Å². The molecule has 4 heteroatoms. The Morgan fingerprint density at radius 2 is 1.82 bits per heavy atom. The quantitative estimate of drug-likeness (QED) is 0.289. The Morgan fingerprint density at radius 1 is 1.06 bits per heavy atom. The van der Waals surface area contributed by atoms with Crippen LogP contribution in [0.15, 0.2) is 83.5 Å². The van der Waals surface area contributed by atoms with E-state index < -0.39 is 0 Å². The molecule has 0 fully saturated rings. The lowest BCUT2D eigenvalue weighted by molar-refractivity contribution is -0.111. The molecule has 0 saturated heterocycles. The summed E-state index contributed by atoms with van der Waals surface area (Å²) in [7, 11) is 1.62. The van der Waals surface area contributed by atoms with E-state index in [0.29, 0.717) is 5.75 Å². The van der Waals surface area contributed by atoms with Crippen molar-refractivity contribution in [1.29, 1.82) is 0 Å². The highest BCUT2D eigenvalue weighted by molar-refractivity contribution is 6.05. The zero-order valence-electron chi connectivity index (χ0n) is 19.4. The van der Waals surface area contributed by atoms with Gasteiger partial charge in [0.25, 0.3) is 0 Å². The number of amides is 1. The second-order valence-corrected chi connectivity index (χ2v) is 8.18. The van der Waals surface area contributed by atoms with Gasteiger partial charge in [-0.25, -0.2) is 0 Å². The second kappa shape index (κ2) is 10.2. The number of furan rings is 1. The van der Waals surface area contributed by atoms with E-state index in [1.54, 1.807) is 19.4 Å². The lowest BCUT2D eigenvalue weighted by Crippen LogP contribution is -2.08. The van der Waals surface area contributed by atoms with Gasteiger partial charge in [0, 0.05) is 34.3 Å². The van der Waals surface area contributed by atoms with E-state index in [4.69, 9.17) is 9.15 Å². The van der Waals surface area contributed by atoms with E-state index in [1.807, 2.05) is 49.4 Å². The molecule has 4 rings (SSSR count). The van der Waals surface area contributed by atoms with Crippen LogP contribution in [0.4, 0.5) is 5.69 Å². The highest BCUT2D eigenvalue weighted by Gasteiger charge is 2.15. The Morgan fingerprint density at radius 3 is 2.52 bits per heavy atom. The van der Waals surface area contributed by atoms with Crippen LogP contribution in [0, 0.1) is 0 Å². The van der Waals surface area contributed by atoms with Gasteiger partial charge in [-0.15, -0.1) is 0 Å². The average molecular weight is 440 g/mol. The van der Waals surface area contributed by atoms with Crippen molar-refractivity contribution < 1.29 is 13.9 Å². The largest absolute Gasteiger partial charge is 0.496 e. The number of nitrogens with one attached hydrogen (secondary N) is 1. The fourth-order valence-electron chi connectivity index (χ4n) is 3.96. The highest BCUT2D eigenvalue weighted by atomic mass is 16.5. The van der Waals surface area contributed by atoms with Crippen molar-refractivity contribution in [1.82, 2.24) is 0 Å². The molecule has 1 N–H and O–H groups in total. The van der Waals surface area contributed by atoms with Gasteiger partial charge in [0.1, 0.15) is 11.3 Å². The van der Waals surface area contributed by atoms with Crippen LogP contribution >= 0.6 is 0 Å². The summed E-state index contributed by atoms with van der Waals surface area (Å²) in [5, 5.41) is 3.94. The SMILES string of the molecule is CCCCc1ccc(NC(=O)/C=C(\C)c2cc3c(-c4ccccc4)coc3cc2OC)cc1.